The fourth-order valence-electron chi connectivity index (χ4n) is 6.31. The molecule has 0 radical (unpaired) electrons. The summed E-state index contributed by atoms with van der Waals surface area (Å²) in [6.45, 7) is 4.27. The second-order valence-electron chi connectivity index (χ2n) is 9.83. The van der Waals surface area contributed by atoms with Crippen LogP contribution in [0.4, 0.5) is 5.95 Å². The summed E-state index contributed by atoms with van der Waals surface area (Å²) in [4.78, 5) is 21.0. The third-order valence-corrected chi connectivity index (χ3v) is 7.79. The molecule has 3 aliphatic rings. The van der Waals surface area contributed by atoms with Crippen LogP contribution in [0.2, 0.25) is 0 Å². The maximum Gasteiger partial charge on any atom is 0.264 e. The molecule has 0 saturated heterocycles. The molecule has 0 unspecified atom stereocenters. The lowest BCUT2D eigenvalue weighted by Crippen LogP contribution is -2.61. The van der Waals surface area contributed by atoms with Crippen LogP contribution in [0.5, 0.6) is 5.75 Å². The van der Waals surface area contributed by atoms with E-state index in [9.17, 15) is 4.79 Å². The molecule has 5 rings (SSSR count). The van der Waals surface area contributed by atoms with E-state index in [2.05, 4.69) is 18.5 Å². The molecule has 2 atom stereocenters. The maximum atomic E-state index is 14.0. The Labute approximate surface area is 185 Å². The van der Waals surface area contributed by atoms with Crippen molar-refractivity contribution in [1.82, 2.24) is 14.8 Å². The van der Waals surface area contributed by atoms with Crippen molar-refractivity contribution >= 4 is 11.9 Å². The number of benzene rings is 1. The third-order valence-electron chi connectivity index (χ3n) is 7.79. The van der Waals surface area contributed by atoms with Gasteiger partial charge in [0.2, 0.25) is 5.95 Å². The quantitative estimate of drug-likeness (QED) is 0.674. The summed E-state index contributed by atoms with van der Waals surface area (Å²) in [7, 11) is 1.63. The smallest absolute Gasteiger partial charge is 0.264 e. The number of carbonyl (C=O) groups is 1. The van der Waals surface area contributed by atoms with Gasteiger partial charge in [0, 0.05) is 17.9 Å². The molecule has 1 aromatic carbocycles. The third kappa shape index (κ3) is 3.17. The number of hydrogen-bond donors (Lipinski definition) is 0. The summed E-state index contributed by atoms with van der Waals surface area (Å²) in [5.74, 6) is 2.87. The molecule has 31 heavy (non-hydrogen) atoms. The van der Waals surface area contributed by atoms with E-state index in [1.54, 1.807) is 7.11 Å². The van der Waals surface area contributed by atoms with Gasteiger partial charge in [-0.3, -0.25) is 9.69 Å². The predicted octanol–water partition coefficient (Wildman–Crippen LogP) is 5.29. The number of methoxy groups -OCH3 is 1. The normalized spacial score (nSPS) is 24.7. The number of fused-ring (bicyclic) bond motifs is 4. The first-order valence-electron chi connectivity index (χ1n) is 12.0. The molecule has 0 bridgehead atoms. The molecule has 6 heteroatoms. The Balaban J connectivity index is 1.69. The Morgan fingerprint density at radius 2 is 1.84 bits per heavy atom. The number of carbonyl (C=O) groups excluding carboxylic acids is 1. The molecule has 2 saturated carbocycles. The van der Waals surface area contributed by atoms with Crippen molar-refractivity contribution in [2.75, 3.05) is 12.0 Å². The van der Waals surface area contributed by atoms with E-state index in [0.29, 0.717) is 17.2 Å². The van der Waals surface area contributed by atoms with Crippen LogP contribution >= 0.6 is 0 Å². The van der Waals surface area contributed by atoms with E-state index in [-0.39, 0.29) is 23.4 Å². The molecule has 1 spiro atoms. The summed E-state index contributed by atoms with van der Waals surface area (Å²) in [5.41, 5.74) is 0.616. The minimum absolute atomic E-state index is 0.0102. The Kier molecular flexibility index (Phi) is 5.27. The van der Waals surface area contributed by atoms with E-state index in [1.165, 1.54) is 25.7 Å². The number of para-hydroxylation sites is 1. The first-order valence-corrected chi connectivity index (χ1v) is 12.0. The summed E-state index contributed by atoms with van der Waals surface area (Å²) in [5, 5.41) is 5.07. The van der Waals surface area contributed by atoms with E-state index in [0.717, 1.165) is 43.9 Å². The fourth-order valence-corrected chi connectivity index (χ4v) is 6.31. The van der Waals surface area contributed by atoms with E-state index >= 15 is 0 Å². The fraction of sp³-hybridized carbons (Fsp3) is 0.640. The van der Waals surface area contributed by atoms with Gasteiger partial charge in [0.15, 0.2) is 5.82 Å². The molecular formula is C25H34N4O2. The highest BCUT2D eigenvalue weighted by molar-refractivity contribution is 6.07. The monoisotopic (exact) mass is 422 g/mol. The Bertz CT molecular complexity index is 960. The number of nitrogens with zero attached hydrogens (tertiary/aromatic N) is 4. The number of ether oxygens (including phenoxy) is 1. The molecule has 1 aromatic heterocycles. The van der Waals surface area contributed by atoms with Gasteiger partial charge in [0.05, 0.1) is 18.2 Å². The molecule has 166 valence electrons. The first-order chi connectivity index (χ1) is 15.1. The summed E-state index contributed by atoms with van der Waals surface area (Å²) in [6, 6.07) is 7.73. The molecule has 2 aliphatic carbocycles. The van der Waals surface area contributed by atoms with Gasteiger partial charge in [-0.25, -0.2) is 4.68 Å². The van der Waals surface area contributed by atoms with Gasteiger partial charge in [-0.2, -0.15) is 10.1 Å². The van der Waals surface area contributed by atoms with Crippen LogP contribution in [-0.4, -0.2) is 33.8 Å². The van der Waals surface area contributed by atoms with Crippen molar-refractivity contribution in [1.29, 1.82) is 0 Å². The standard InChI is InChI=1S/C25H34N4O2/c1-17(2)22-26-24-28(23(30)18-11-5-8-14-21(18)31-3)20-13-7-6-12-19(20)25(29(24)27-22)15-9-4-10-16-25/h5,8,11,14,17,19-20H,4,6-7,9-10,12-13,15-16H2,1-3H3/t19-,20+/m1/s1. The highest BCUT2D eigenvalue weighted by atomic mass is 16.5. The average molecular weight is 423 g/mol. The van der Waals surface area contributed by atoms with Gasteiger partial charge in [0.25, 0.3) is 5.91 Å². The average Bonchev–Trinajstić information content (AvgIpc) is 3.26. The number of aromatic nitrogens is 3. The van der Waals surface area contributed by atoms with Gasteiger partial charge in [0.1, 0.15) is 5.75 Å². The highest BCUT2D eigenvalue weighted by Gasteiger charge is 2.55. The number of anilines is 1. The minimum atomic E-state index is -0.0102. The van der Waals surface area contributed by atoms with Crippen LogP contribution in [-0.2, 0) is 5.54 Å². The van der Waals surface area contributed by atoms with Gasteiger partial charge in [-0.1, -0.05) is 58.1 Å². The molecule has 6 nitrogen and oxygen atoms in total. The number of rotatable bonds is 3. The Morgan fingerprint density at radius 1 is 1.10 bits per heavy atom. The first kappa shape index (κ1) is 20.5. The molecular weight excluding hydrogens is 388 g/mol. The van der Waals surface area contributed by atoms with Crippen LogP contribution in [0, 0.1) is 5.92 Å². The van der Waals surface area contributed by atoms with Crippen LogP contribution in [0.1, 0.15) is 93.7 Å². The molecule has 1 aliphatic heterocycles. The second-order valence-corrected chi connectivity index (χ2v) is 9.83. The zero-order valence-electron chi connectivity index (χ0n) is 19.0. The predicted molar refractivity (Wildman–Crippen MR) is 121 cm³/mol. The molecule has 2 aromatic rings. The zero-order chi connectivity index (χ0) is 21.6. The van der Waals surface area contributed by atoms with E-state index < -0.39 is 0 Å². The summed E-state index contributed by atoms with van der Waals surface area (Å²) < 4.78 is 7.74. The SMILES string of the molecule is COc1ccccc1C(=O)N1c2nc(C(C)C)nn2C2(CCCCC2)[C@@H]2CCCC[C@@H]21. The van der Waals surface area contributed by atoms with Crippen LogP contribution in [0.25, 0.3) is 0 Å². The lowest BCUT2D eigenvalue weighted by molar-refractivity contribution is 0.0310. The van der Waals surface area contributed by atoms with Crippen molar-refractivity contribution in [3.05, 3.63) is 35.7 Å². The van der Waals surface area contributed by atoms with Gasteiger partial charge in [-0.15, -0.1) is 0 Å². The van der Waals surface area contributed by atoms with Crippen molar-refractivity contribution in [2.24, 2.45) is 5.92 Å². The number of hydrogen-bond acceptors (Lipinski definition) is 4. The van der Waals surface area contributed by atoms with Crippen LogP contribution in [0.3, 0.4) is 0 Å². The van der Waals surface area contributed by atoms with Crippen molar-refractivity contribution in [3.63, 3.8) is 0 Å². The van der Waals surface area contributed by atoms with Crippen molar-refractivity contribution < 1.29 is 9.53 Å². The molecule has 0 N–H and O–H groups in total. The van der Waals surface area contributed by atoms with Gasteiger partial charge in [-0.05, 0) is 37.8 Å². The molecule has 1 amide bonds. The lowest BCUT2D eigenvalue weighted by Gasteiger charge is -2.55. The van der Waals surface area contributed by atoms with Crippen molar-refractivity contribution in [3.8, 4) is 5.75 Å². The van der Waals surface area contributed by atoms with Gasteiger partial charge >= 0.3 is 0 Å². The van der Waals surface area contributed by atoms with Crippen molar-refractivity contribution in [2.45, 2.75) is 89.1 Å². The highest BCUT2D eigenvalue weighted by Crippen LogP contribution is 2.53. The molecule has 2 heterocycles. The Hall–Kier alpha value is -2.37. The molecule has 2 fully saturated rings. The van der Waals surface area contributed by atoms with E-state index in [4.69, 9.17) is 14.8 Å². The second kappa shape index (κ2) is 7.95. The zero-order valence-corrected chi connectivity index (χ0v) is 19.0. The summed E-state index contributed by atoms with van der Waals surface area (Å²) in [6.07, 6.45) is 10.7. The van der Waals surface area contributed by atoms with Gasteiger partial charge < -0.3 is 4.74 Å². The van der Waals surface area contributed by atoms with E-state index in [1.807, 2.05) is 29.2 Å². The number of amides is 1. The minimum Gasteiger partial charge on any atom is -0.496 e. The maximum absolute atomic E-state index is 14.0. The van der Waals surface area contributed by atoms with Crippen LogP contribution < -0.4 is 9.64 Å². The van der Waals surface area contributed by atoms with Crippen LogP contribution in [0.15, 0.2) is 24.3 Å². The largest absolute Gasteiger partial charge is 0.496 e. The summed E-state index contributed by atoms with van der Waals surface area (Å²) >= 11 is 0. The Morgan fingerprint density at radius 3 is 2.58 bits per heavy atom. The lowest BCUT2D eigenvalue weighted by atomic mass is 9.64. The topological polar surface area (TPSA) is 60.2 Å².